The highest BCUT2D eigenvalue weighted by atomic mass is 28.3. The topological polar surface area (TPSA) is 134 Å². The van der Waals surface area contributed by atoms with Crippen LogP contribution in [0.1, 0.15) is 16.1 Å². The predicted molar refractivity (Wildman–Crippen MR) is 147 cm³/mol. The monoisotopic (exact) mass is 541 g/mol. The standard InChI is InChI=1S/C26H35N5O6Si/c1-16-7-8-18(38(4,5)6)13-20(16)37-21-10-9-19(36-21)23(32)28-22-24(33-2)29-26(30-25(22)34-3)31-11-12-35-15-17(31)14-27/h7-10,13,17H,11-12,14-15,27H2,1-6H3,(H,28,32). The molecule has 1 aliphatic heterocycles. The van der Waals surface area contributed by atoms with E-state index in [4.69, 9.17) is 29.1 Å². The highest BCUT2D eigenvalue weighted by Gasteiger charge is 2.28. The van der Waals surface area contributed by atoms with E-state index >= 15 is 0 Å². The summed E-state index contributed by atoms with van der Waals surface area (Å²) in [4.78, 5) is 24.0. The Morgan fingerprint density at radius 1 is 1.16 bits per heavy atom. The summed E-state index contributed by atoms with van der Waals surface area (Å²) < 4.78 is 28.2. The number of nitrogens with two attached hydrogens (primary N) is 1. The van der Waals surface area contributed by atoms with Crippen molar-refractivity contribution in [2.45, 2.75) is 32.6 Å². The molecular weight excluding hydrogens is 506 g/mol. The second-order valence-electron chi connectivity index (χ2n) is 9.98. The van der Waals surface area contributed by atoms with Crippen LogP contribution in [0.5, 0.6) is 23.5 Å². The fourth-order valence-corrected chi connectivity index (χ4v) is 5.16. The van der Waals surface area contributed by atoms with Crippen LogP contribution in [0.3, 0.4) is 0 Å². The van der Waals surface area contributed by atoms with E-state index in [2.05, 4.69) is 41.0 Å². The molecule has 4 rings (SSSR count). The minimum Gasteiger partial charge on any atom is -0.479 e. The highest BCUT2D eigenvalue weighted by molar-refractivity contribution is 6.88. The Kier molecular flexibility index (Phi) is 8.24. The fourth-order valence-electron chi connectivity index (χ4n) is 4.01. The molecular formula is C26H35N5O6Si. The van der Waals surface area contributed by atoms with Gasteiger partial charge in [0.25, 0.3) is 11.9 Å². The minimum absolute atomic E-state index is 0.0450. The van der Waals surface area contributed by atoms with E-state index < -0.39 is 14.0 Å². The molecule has 0 aliphatic carbocycles. The van der Waals surface area contributed by atoms with Gasteiger partial charge in [-0.2, -0.15) is 9.97 Å². The van der Waals surface area contributed by atoms with Crippen molar-refractivity contribution in [3.8, 4) is 23.5 Å². The van der Waals surface area contributed by atoms with Gasteiger partial charge in [0.05, 0.1) is 41.5 Å². The normalized spacial score (nSPS) is 15.8. The van der Waals surface area contributed by atoms with Gasteiger partial charge in [0.15, 0.2) is 11.4 Å². The molecule has 1 unspecified atom stereocenters. The lowest BCUT2D eigenvalue weighted by Crippen LogP contribution is -2.50. The first-order valence-electron chi connectivity index (χ1n) is 12.4. The number of nitrogens with one attached hydrogen (secondary N) is 1. The van der Waals surface area contributed by atoms with E-state index in [1.807, 2.05) is 24.0 Å². The van der Waals surface area contributed by atoms with Gasteiger partial charge in [-0.15, -0.1) is 0 Å². The second-order valence-corrected chi connectivity index (χ2v) is 15.1. The summed E-state index contributed by atoms with van der Waals surface area (Å²) >= 11 is 0. The molecule has 2 aromatic heterocycles. The quantitative estimate of drug-likeness (QED) is 0.389. The Morgan fingerprint density at radius 2 is 1.87 bits per heavy atom. The molecule has 0 spiro atoms. The van der Waals surface area contributed by atoms with Crippen molar-refractivity contribution < 1.29 is 28.2 Å². The fraction of sp³-hybridized carbons (Fsp3) is 0.423. The third kappa shape index (κ3) is 5.92. The zero-order valence-electron chi connectivity index (χ0n) is 22.7. The van der Waals surface area contributed by atoms with Crippen molar-refractivity contribution in [3.05, 3.63) is 41.7 Å². The highest BCUT2D eigenvalue weighted by Crippen LogP contribution is 2.35. The number of hydrogen-bond acceptors (Lipinski definition) is 10. The first kappa shape index (κ1) is 27.4. The molecule has 1 atom stereocenters. The van der Waals surface area contributed by atoms with Crippen LogP contribution in [-0.2, 0) is 4.74 Å². The summed E-state index contributed by atoms with van der Waals surface area (Å²) in [7, 11) is 1.38. The van der Waals surface area contributed by atoms with E-state index in [0.717, 1.165) is 5.56 Å². The first-order valence-corrected chi connectivity index (χ1v) is 15.9. The SMILES string of the molecule is COc1nc(N2CCOCC2CN)nc(OC)c1NC(=O)c1ccc(Oc2cc([Si](C)(C)C)ccc2C)o1. The zero-order chi connectivity index (χ0) is 27.4. The molecule has 0 bridgehead atoms. The molecule has 3 N–H and O–H groups in total. The van der Waals surface area contributed by atoms with Gasteiger partial charge < -0.3 is 39.3 Å². The Balaban J connectivity index is 1.55. The number of nitrogens with zero attached hydrogens (tertiary/aromatic N) is 3. The van der Waals surface area contributed by atoms with Crippen molar-refractivity contribution in [1.82, 2.24) is 9.97 Å². The summed E-state index contributed by atoms with van der Waals surface area (Å²) in [5.74, 6) is 1.07. The maximum Gasteiger partial charge on any atom is 0.291 e. The van der Waals surface area contributed by atoms with Crippen molar-refractivity contribution in [2.24, 2.45) is 5.73 Å². The number of carbonyl (C=O) groups is 1. The van der Waals surface area contributed by atoms with Crippen molar-refractivity contribution >= 4 is 30.8 Å². The maximum atomic E-state index is 13.1. The van der Waals surface area contributed by atoms with Gasteiger partial charge in [-0.1, -0.05) is 37.0 Å². The van der Waals surface area contributed by atoms with Crippen molar-refractivity contribution in [3.63, 3.8) is 0 Å². The van der Waals surface area contributed by atoms with Gasteiger partial charge in [-0.25, -0.2) is 0 Å². The van der Waals surface area contributed by atoms with E-state index in [9.17, 15) is 4.79 Å². The Bertz CT molecular complexity index is 1270. The molecule has 38 heavy (non-hydrogen) atoms. The molecule has 204 valence electrons. The zero-order valence-corrected chi connectivity index (χ0v) is 23.7. The number of benzene rings is 1. The molecule has 0 saturated carbocycles. The molecule has 12 heteroatoms. The number of aromatic nitrogens is 2. The van der Waals surface area contributed by atoms with Crippen LogP contribution < -0.4 is 35.3 Å². The summed E-state index contributed by atoms with van der Waals surface area (Å²) in [5, 5.41) is 4.01. The summed E-state index contributed by atoms with van der Waals surface area (Å²) in [6.45, 7) is 10.7. The smallest absolute Gasteiger partial charge is 0.291 e. The number of methoxy groups -OCH3 is 2. The van der Waals surface area contributed by atoms with Gasteiger partial charge in [-0.05, 0) is 24.6 Å². The van der Waals surface area contributed by atoms with E-state index in [1.54, 1.807) is 6.07 Å². The largest absolute Gasteiger partial charge is 0.479 e. The molecule has 1 aromatic carbocycles. The molecule has 1 saturated heterocycles. The number of hydrogen-bond donors (Lipinski definition) is 2. The van der Waals surface area contributed by atoms with Crippen molar-refractivity contribution in [1.29, 1.82) is 0 Å². The molecule has 1 aliphatic rings. The van der Waals surface area contributed by atoms with Crippen LogP contribution in [0.15, 0.2) is 34.7 Å². The number of rotatable bonds is 9. The summed E-state index contributed by atoms with van der Waals surface area (Å²) in [6, 6.07) is 9.27. The van der Waals surface area contributed by atoms with E-state index in [1.165, 1.54) is 25.5 Å². The first-order chi connectivity index (χ1) is 18.1. The Morgan fingerprint density at radius 3 is 2.50 bits per heavy atom. The number of anilines is 2. The molecule has 0 radical (unpaired) electrons. The Labute approximate surface area is 223 Å². The number of amides is 1. The van der Waals surface area contributed by atoms with Gasteiger partial charge in [0.1, 0.15) is 5.75 Å². The number of ether oxygens (including phenoxy) is 4. The predicted octanol–water partition coefficient (Wildman–Crippen LogP) is 3.15. The Hall–Kier alpha value is -3.61. The minimum atomic E-state index is -1.53. The second kappa shape index (κ2) is 11.4. The maximum absolute atomic E-state index is 13.1. The van der Waals surface area contributed by atoms with Crippen LogP contribution in [0.25, 0.3) is 0 Å². The molecule has 3 aromatic rings. The van der Waals surface area contributed by atoms with Crippen LogP contribution in [0.2, 0.25) is 19.6 Å². The average molecular weight is 542 g/mol. The van der Waals surface area contributed by atoms with Crippen LogP contribution in [0.4, 0.5) is 11.6 Å². The number of carbonyl (C=O) groups excluding carboxylic acids is 1. The van der Waals surface area contributed by atoms with Gasteiger partial charge in [0.2, 0.25) is 17.7 Å². The van der Waals surface area contributed by atoms with E-state index in [-0.39, 0.29) is 35.2 Å². The average Bonchev–Trinajstić information content (AvgIpc) is 3.38. The van der Waals surface area contributed by atoms with Crippen molar-refractivity contribution in [2.75, 3.05) is 50.7 Å². The van der Waals surface area contributed by atoms with Crippen LogP contribution >= 0.6 is 0 Å². The lowest BCUT2D eigenvalue weighted by Gasteiger charge is -2.35. The molecule has 3 heterocycles. The number of furan rings is 1. The van der Waals surface area contributed by atoms with Gasteiger partial charge in [-0.3, -0.25) is 4.79 Å². The van der Waals surface area contributed by atoms with Gasteiger partial charge >= 0.3 is 0 Å². The van der Waals surface area contributed by atoms with Gasteiger partial charge in [0, 0.05) is 19.2 Å². The number of aryl methyl sites for hydroxylation is 1. The lowest BCUT2D eigenvalue weighted by atomic mass is 10.2. The third-order valence-electron chi connectivity index (χ3n) is 6.28. The van der Waals surface area contributed by atoms with E-state index in [0.29, 0.717) is 38.0 Å². The number of morpholine rings is 1. The summed E-state index contributed by atoms with van der Waals surface area (Å²) in [6.07, 6.45) is 0. The molecule has 1 amide bonds. The molecule has 1 fully saturated rings. The third-order valence-corrected chi connectivity index (χ3v) is 8.33. The molecule has 11 nitrogen and oxygen atoms in total. The summed E-state index contributed by atoms with van der Waals surface area (Å²) in [5.41, 5.74) is 7.05. The van der Waals surface area contributed by atoms with Crippen LogP contribution in [-0.4, -0.2) is 70.5 Å². The lowest BCUT2D eigenvalue weighted by molar-refractivity contribution is 0.0952. The van der Waals surface area contributed by atoms with Crippen LogP contribution in [0, 0.1) is 6.92 Å².